The zero-order chi connectivity index (χ0) is 14.0. The molecule has 0 spiro atoms. The Balaban J connectivity index is 1.89. The van der Waals surface area contributed by atoms with Crippen LogP contribution in [0.3, 0.4) is 0 Å². The third-order valence-electron chi connectivity index (χ3n) is 3.61. The number of aliphatic carboxylic acids is 1. The third-order valence-corrected chi connectivity index (χ3v) is 3.61. The van der Waals surface area contributed by atoms with E-state index in [1.807, 2.05) is 13.8 Å². The highest BCUT2D eigenvalue weighted by Crippen LogP contribution is 2.34. The van der Waals surface area contributed by atoms with Gasteiger partial charge < -0.3 is 20.1 Å². The third kappa shape index (κ3) is 3.59. The van der Waals surface area contributed by atoms with Crippen molar-refractivity contribution in [3.05, 3.63) is 0 Å². The maximum atomic E-state index is 12.1. The molecule has 0 aromatic heterocycles. The lowest BCUT2D eigenvalue weighted by Gasteiger charge is -2.27. The maximum absolute atomic E-state index is 12.1. The first kappa shape index (κ1) is 14.1. The zero-order valence-corrected chi connectivity index (χ0v) is 11.5. The molecule has 0 aliphatic carbocycles. The number of nitrogens with one attached hydrogen (secondary N) is 1. The van der Waals surface area contributed by atoms with Gasteiger partial charge in [0.15, 0.2) is 0 Å². The first-order chi connectivity index (χ1) is 8.95. The van der Waals surface area contributed by atoms with Crippen molar-refractivity contribution in [2.45, 2.75) is 51.4 Å². The quantitative estimate of drug-likeness (QED) is 0.783. The number of ether oxygens (including phenoxy) is 1. The lowest BCUT2D eigenvalue weighted by atomic mass is 9.96. The SMILES string of the molecule is CC(C)CN(CC(=O)O)C(=O)NC1CC2CCC1O2. The van der Waals surface area contributed by atoms with Crippen LogP contribution in [-0.4, -0.2) is 53.3 Å². The van der Waals surface area contributed by atoms with Crippen molar-refractivity contribution < 1.29 is 19.4 Å². The number of urea groups is 1. The standard InChI is InChI=1S/C13H22N2O4/c1-8(2)6-15(7-12(16)17)13(18)14-10-5-9-3-4-11(10)19-9/h8-11H,3-7H2,1-2H3,(H,14,18)(H,16,17). The molecule has 6 nitrogen and oxygen atoms in total. The summed E-state index contributed by atoms with van der Waals surface area (Å²) in [6, 6.07) is -0.257. The maximum Gasteiger partial charge on any atom is 0.323 e. The van der Waals surface area contributed by atoms with E-state index < -0.39 is 5.97 Å². The first-order valence-electron chi connectivity index (χ1n) is 6.88. The Hall–Kier alpha value is -1.30. The predicted octanol–water partition coefficient (Wildman–Crippen LogP) is 1.06. The summed E-state index contributed by atoms with van der Waals surface area (Å²) in [5.41, 5.74) is 0. The molecule has 2 saturated heterocycles. The van der Waals surface area contributed by atoms with Crippen LogP contribution in [0.25, 0.3) is 0 Å². The van der Waals surface area contributed by atoms with Crippen LogP contribution < -0.4 is 5.32 Å². The summed E-state index contributed by atoms with van der Waals surface area (Å²) in [5.74, 6) is -0.749. The van der Waals surface area contributed by atoms with Crippen molar-refractivity contribution >= 4 is 12.0 Å². The summed E-state index contributed by atoms with van der Waals surface area (Å²) < 4.78 is 5.68. The van der Waals surface area contributed by atoms with Gasteiger partial charge in [-0.1, -0.05) is 13.8 Å². The average Bonchev–Trinajstić information content (AvgIpc) is 2.88. The van der Waals surface area contributed by atoms with Crippen LogP contribution in [0.2, 0.25) is 0 Å². The van der Waals surface area contributed by atoms with Crippen molar-refractivity contribution in [3.63, 3.8) is 0 Å². The highest BCUT2D eigenvalue weighted by Gasteiger charge is 2.41. The zero-order valence-electron chi connectivity index (χ0n) is 11.5. The van der Waals surface area contributed by atoms with Crippen LogP contribution in [0.4, 0.5) is 4.79 Å². The number of fused-ring (bicyclic) bond motifs is 2. The summed E-state index contributed by atoms with van der Waals surface area (Å²) in [6.45, 7) is 4.11. The number of carboxylic acids is 1. The van der Waals surface area contributed by atoms with Gasteiger partial charge in [0.1, 0.15) is 6.54 Å². The predicted molar refractivity (Wildman–Crippen MR) is 68.9 cm³/mol. The largest absolute Gasteiger partial charge is 0.480 e. The van der Waals surface area contributed by atoms with Gasteiger partial charge in [0.05, 0.1) is 18.2 Å². The Bertz CT molecular complexity index is 359. The Labute approximate surface area is 113 Å². The molecule has 2 aliphatic heterocycles. The lowest BCUT2D eigenvalue weighted by Crippen LogP contribution is -2.50. The van der Waals surface area contributed by atoms with E-state index in [9.17, 15) is 9.59 Å². The molecule has 2 rings (SSSR count). The molecule has 2 aliphatic rings. The minimum atomic E-state index is -0.986. The van der Waals surface area contributed by atoms with Gasteiger partial charge in [-0.15, -0.1) is 0 Å². The van der Waals surface area contributed by atoms with Gasteiger partial charge in [-0.05, 0) is 25.2 Å². The molecule has 0 saturated carbocycles. The number of rotatable bonds is 5. The van der Waals surface area contributed by atoms with Gasteiger partial charge >= 0.3 is 12.0 Å². The Morgan fingerprint density at radius 2 is 2.16 bits per heavy atom. The van der Waals surface area contributed by atoms with Gasteiger partial charge in [0.25, 0.3) is 0 Å². The van der Waals surface area contributed by atoms with E-state index in [2.05, 4.69) is 5.32 Å². The second kappa shape index (κ2) is 5.77. The molecule has 2 bridgehead atoms. The molecule has 2 amide bonds. The second-order valence-corrected chi connectivity index (χ2v) is 5.83. The normalized spacial score (nSPS) is 28.7. The van der Waals surface area contributed by atoms with E-state index in [-0.39, 0.29) is 36.7 Å². The van der Waals surface area contributed by atoms with Crippen LogP contribution in [0.1, 0.15) is 33.1 Å². The van der Waals surface area contributed by atoms with E-state index >= 15 is 0 Å². The first-order valence-corrected chi connectivity index (χ1v) is 6.88. The van der Waals surface area contributed by atoms with Crippen LogP contribution in [-0.2, 0) is 9.53 Å². The van der Waals surface area contributed by atoms with Crippen molar-refractivity contribution in [1.82, 2.24) is 10.2 Å². The lowest BCUT2D eigenvalue weighted by molar-refractivity contribution is -0.137. The minimum absolute atomic E-state index is 0.0368. The number of carbonyl (C=O) groups is 2. The molecule has 6 heteroatoms. The molecule has 3 atom stereocenters. The number of hydrogen-bond acceptors (Lipinski definition) is 3. The number of hydrogen-bond donors (Lipinski definition) is 2. The Kier molecular flexibility index (Phi) is 4.29. The van der Waals surface area contributed by atoms with Gasteiger partial charge in [-0.25, -0.2) is 4.79 Å². The van der Waals surface area contributed by atoms with Gasteiger partial charge in [-0.2, -0.15) is 0 Å². The molecule has 19 heavy (non-hydrogen) atoms. The summed E-state index contributed by atoms with van der Waals surface area (Å²) >= 11 is 0. The average molecular weight is 270 g/mol. The van der Waals surface area contributed by atoms with Crippen molar-refractivity contribution in [3.8, 4) is 0 Å². The van der Waals surface area contributed by atoms with Gasteiger partial charge in [0.2, 0.25) is 0 Å². The summed E-state index contributed by atoms with van der Waals surface area (Å²) in [6.07, 6.45) is 3.28. The van der Waals surface area contributed by atoms with Crippen LogP contribution in [0.15, 0.2) is 0 Å². The van der Waals surface area contributed by atoms with Gasteiger partial charge in [-0.3, -0.25) is 4.79 Å². The minimum Gasteiger partial charge on any atom is -0.480 e. The highest BCUT2D eigenvalue weighted by atomic mass is 16.5. The van der Waals surface area contributed by atoms with Gasteiger partial charge in [0, 0.05) is 6.54 Å². The Morgan fingerprint density at radius 1 is 1.42 bits per heavy atom. The van der Waals surface area contributed by atoms with Crippen molar-refractivity contribution in [2.75, 3.05) is 13.1 Å². The number of amides is 2. The number of carbonyl (C=O) groups excluding carboxylic acids is 1. The molecule has 0 radical (unpaired) electrons. The van der Waals surface area contributed by atoms with E-state index in [1.54, 1.807) is 0 Å². The monoisotopic (exact) mass is 270 g/mol. The molecule has 2 N–H and O–H groups in total. The fraction of sp³-hybridized carbons (Fsp3) is 0.846. The van der Waals surface area contributed by atoms with E-state index in [4.69, 9.17) is 9.84 Å². The van der Waals surface area contributed by atoms with E-state index in [1.165, 1.54) is 4.90 Å². The Morgan fingerprint density at radius 3 is 2.63 bits per heavy atom. The van der Waals surface area contributed by atoms with Crippen LogP contribution in [0, 0.1) is 5.92 Å². The smallest absolute Gasteiger partial charge is 0.323 e. The fourth-order valence-corrected chi connectivity index (χ4v) is 2.86. The summed E-state index contributed by atoms with van der Waals surface area (Å²) in [4.78, 5) is 24.3. The summed E-state index contributed by atoms with van der Waals surface area (Å²) in [5, 5.41) is 11.8. The van der Waals surface area contributed by atoms with Crippen molar-refractivity contribution in [1.29, 1.82) is 0 Å². The van der Waals surface area contributed by atoms with E-state index in [0.717, 1.165) is 19.3 Å². The van der Waals surface area contributed by atoms with Crippen LogP contribution >= 0.6 is 0 Å². The molecule has 2 fully saturated rings. The van der Waals surface area contributed by atoms with E-state index in [0.29, 0.717) is 6.54 Å². The molecule has 108 valence electrons. The molecule has 0 aromatic carbocycles. The summed E-state index contributed by atoms with van der Waals surface area (Å²) in [7, 11) is 0. The van der Waals surface area contributed by atoms with Crippen LogP contribution in [0.5, 0.6) is 0 Å². The molecule has 0 aromatic rings. The molecular formula is C13H22N2O4. The topological polar surface area (TPSA) is 78.9 Å². The highest BCUT2D eigenvalue weighted by molar-refractivity contribution is 5.80. The molecular weight excluding hydrogens is 248 g/mol. The molecule has 3 unspecified atom stereocenters. The number of nitrogens with zero attached hydrogens (tertiary/aromatic N) is 1. The number of carboxylic acid groups (broad SMARTS) is 1. The van der Waals surface area contributed by atoms with Crippen molar-refractivity contribution in [2.24, 2.45) is 5.92 Å². The molecule has 2 heterocycles. The second-order valence-electron chi connectivity index (χ2n) is 5.83. The fourth-order valence-electron chi connectivity index (χ4n) is 2.86.